The summed E-state index contributed by atoms with van der Waals surface area (Å²) in [4.78, 5) is 0. The lowest BCUT2D eigenvalue weighted by molar-refractivity contribution is 0.0262. The molecule has 2 aliphatic rings. The smallest absolute Gasteiger partial charge is 0.110 e. The summed E-state index contributed by atoms with van der Waals surface area (Å²) in [5.41, 5.74) is 5.59. The minimum absolute atomic E-state index is 0.109. The number of nitrogens with two attached hydrogens (primary N) is 1. The molecule has 4 heteroatoms. The van der Waals surface area contributed by atoms with Crippen LogP contribution in [0.5, 0.6) is 0 Å². The van der Waals surface area contributed by atoms with Gasteiger partial charge in [-0.25, -0.2) is 0 Å². The molecule has 0 amide bonds. The zero-order chi connectivity index (χ0) is 7.84. The molecule has 2 aliphatic heterocycles. The molecule has 0 bridgehead atoms. The van der Waals surface area contributed by atoms with Gasteiger partial charge in [0.05, 0.1) is 12.2 Å². The van der Waals surface area contributed by atoms with Crippen molar-refractivity contribution >= 4 is 0 Å². The van der Waals surface area contributed by atoms with E-state index >= 15 is 0 Å². The largest absolute Gasteiger partial charge is 0.357 e. The van der Waals surface area contributed by atoms with Crippen molar-refractivity contribution in [2.45, 2.75) is 37.5 Å². The van der Waals surface area contributed by atoms with E-state index in [0.29, 0.717) is 0 Å². The number of hydrogen-bond donors (Lipinski definition) is 2. The molecule has 0 aromatic carbocycles. The monoisotopic (exact) mass is 158 g/mol. The Morgan fingerprint density at radius 1 is 1.27 bits per heavy atom. The molecule has 3 N–H and O–H groups in total. The van der Waals surface area contributed by atoms with Gasteiger partial charge in [-0.15, -0.1) is 0 Å². The molecule has 2 rings (SSSR count). The van der Waals surface area contributed by atoms with E-state index in [1.807, 2.05) is 7.05 Å². The van der Waals surface area contributed by atoms with Crippen molar-refractivity contribution < 1.29 is 9.47 Å². The summed E-state index contributed by atoms with van der Waals surface area (Å²) >= 11 is 0. The van der Waals surface area contributed by atoms with Crippen LogP contribution in [-0.4, -0.2) is 31.7 Å². The van der Waals surface area contributed by atoms with E-state index < -0.39 is 0 Å². The van der Waals surface area contributed by atoms with Gasteiger partial charge in [0, 0.05) is 12.8 Å². The Bertz CT molecular complexity index is 139. The van der Waals surface area contributed by atoms with E-state index in [1.54, 1.807) is 0 Å². The van der Waals surface area contributed by atoms with Crippen molar-refractivity contribution in [3.63, 3.8) is 0 Å². The van der Waals surface area contributed by atoms with Crippen LogP contribution in [0.1, 0.15) is 12.8 Å². The molecular weight excluding hydrogens is 144 g/mol. The molecule has 2 saturated heterocycles. The van der Waals surface area contributed by atoms with Crippen LogP contribution in [-0.2, 0) is 9.47 Å². The Morgan fingerprint density at radius 3 is 2.64 bits per heavy atom. The fourth-order valence-electron chi connectivity index (χ4n) is 1.76. The third-order valence-corrected chi connectivity index (χ3v) is 2.34. The molecule has 0 spiro atoms. The average molecular weight is 158 g/mol. The summed E-state index contributed by atoms with van der Waals surface area (Å²) in [6.07, 6.45) is 2.27. The van der Waals surface area contributed by atoms with Gasteiger partial charge < -0.3 is 15.2 Å². The van der Waals surface area contributed by atoms with Crippen molar-refractivity contribution in [1.82, 2.24) is 5.32 Å². The van der Waals surface area contributed by atoms with E-state index in [-0.39, 0.29) is 24.7 Å². The van der Waals surface area contributed by atoms with Gasteiger partial charge in [0.15, 0.2) is 0 Å². The highest BCUT2D eigenvalue weighted by molar-refractivity contribution is 4.88. The zero-order valence-corrected chi connectivity index (χ0v) is 6.62. The van der Waals surface area contributed by atoms with Crippen molar-refractivity contribution in [3.05, 3.63) is 0 Å². The number of fused-ring (bicyclic) bond motifs is 1. The maximum atomic E-state index is 5.59. The molecule has 0 saturated carbocycles. The highest BCUT2D eigenvalue weighted by Crippen LogP contribution is 2.30. The maximum absolute atomic E-state index is 5.59. The van der Waals surface area contributed by atoms with Gasteiger partial charge >= 0.3 is 0 Å². The second-order valence-electron chi connectivity index (χ2n) is 3.14. The predicted octanol–water partition coefficient (Wildman–Crippen LogP) is -0.606. The van der Waals surface area contributed by atoms with Crippen molar-refractivity contribution in [3.8, 4) is 0 Å². The van der Waals surface area contributed by atoms with Crippen molar-refractivity contribution in [1.29, 1.82) is 0 Å². The molecule has 0 radical (unpaired) electrons. The third-order valence-electron chi connectivity index (χ3n) is 2.34. The number of rotatable bonds is 1. The molecule has 4 unspecified atom stereocenters. The van der Waals surface area contributed by atoms with Crippen molar-refractivity contribution in [2.75, 3.05) is 7.05 Å². The second-order valence-corrected chi connectivity index (χ2v) is 3.14. The van der Waals surface area contributed by atoms with Crippen LogP contribution < -0.4 is 11.1 Å². The highest BCUT2D eigenvalue weighted by Gasteiger charge is 2.42. The predicted molar refractivity (Wildman–Crippen MR) is 39.8 cm³/mol. The minimum atomic E-state index is -0.109. The fourth-order valence-corrected chi connectivity index (χ4v) is 1.76. The SMILES string of the molecule is CNC1CC2OC(N)CC2O1. The first-order chi connectivity index (χ1) is 5.29. The van der Waals surface area contributed by atoms with E-state index in [2.05, 4.69) is 5.32 Å². The van der Waals surface area contributed by atoms with Crippen LogP contribution in [0, 0.1) is 0 Å². The maximum Gasteiger partial charge on any atom is 0.110 e. The second kappa shape index (κ2) is 2.71. The van der Waals surface area contributed by atoms with E-state index in [9.17, 15) is 0 Å². The number of nitrogens with one attached hydrogen (secondary N) is 1. The van der Waals surface area contributed by atoms with Crippen LogP contribution in [0.3, 0.4) is 0 Å². The lowest BCUT2D eigenvalue weighted by Crippen LogP contribution is -2.28. The van der Waals surface area contributed by atoms with Crippen LogP contribution in [0.15, 0.2) is 0 Å². The molecule has 4 nitrogen and oxygen atoms in total. The molecule has 0 aromatic rings. The Balaban J connectivity index is 1.93. The lowest BCUT2D eigenvalue weighted by Gasteiger charge is -2.11. The first-order valence-corrected chi connectivity index (χ1v) is 4.03. The molecule has 0 aromatic heterocycles. The van der Waals surface area contributed by atoms with Crippen LogP contribution in [0.25, 0.3) is 0 Å². The van der Waals surface area contributed by atoms with Crippen LogP contribution in [0.2, 0.25) is 0 Å². The molecule has 64 valence electrons. The molecular formula is C7H14N2O2. The summed E-state index contributed by atoms with van der Waals surface area (Å²) in [5, 5.41) is 3.06. The summed E-state index contributed by atoms with van der Waals surface area (Å²) in [7, 11) is 1.89. The van der Waals surface area contributed by atoms with Gasteiger partial charge in [-0.2, -0.15) is 0 Å². The van der Waals surface area contributed by atoms with Crippen LogP contribution in [0.4, 0.5) is 0 Å². The summed E-state index contributed by atoms with van der Waals surface area (Å²) in [5.74, 6) is 0. The van der Waals surface area contributed by atoms with Crippen LogP contribution >= 0.6 is 0 Å². The Labute approximate surface area is 66.0 Å². The Morgan fingerprint density at radius 2 is 2.00 bits per heavy atom. The standard InChI is InChI=1S/C7H14N2O2/c1-9-7-3-5-4(11-7)2-6(8)10-5/h4-7,9H,2-3,8H2,1H3. The molecule has 2 fully saturated rings. The first kappa shape index (κ1) is 7.49. The topological polar surface area (TPSA) is 56.5 Å². The van der Waals surface area contributed by atoms with Gasteiger partial charge in [0.25, 0.3) is 0 Å². The van der Waals surface area contributed by atoms with E-state index in [1.165, 1.54) is 0 Å². The molecule has 11 heavy (non-hydrogen) atoms. The molecule has 4 atom stereocenters. The van der Waals surface area contributed by atoms with Gasteiger partial charge in [0.2, 0.25) is 0 Å². The highest BCUT2D eigenvalue weighted by atomic mass is 16.6. The first-order valence-electron chi connectivity index (χ1n) is 4.03. The Hall–Kier alpha value is -0.160. The van der Waals surface area contributed by atoms with E-state index in [0.717, 1.165) is 12.8 Å². The quantitative estimate of drug-likeness (QED) is 0.535. The number of ether oxygens (including phenoxy) is 2. The number of hydrogen-bond acceptors (Lipinski definition) is 4. The fraction of sp³-hybridized carbons (Fsp3) is 1.00. The summed E-state index contributed by atoms with van der Waals surface area (Å²) in [6.45, 7) is 0. The van der Waals surface area contributed by atoms with Gasteiger partial charge in [-0.1, -0.05) is 0 Å². The summed E-state index contributed by atoms with van der Waals surface area (Å²) in [6, 6.07) is 0. The zero-order valence-electron chi connectivity index (χ0n) is 6.62. The normalized spacial score (nSPS) is 49.6. The van der Waals surface area contributed by atoms with Gasteiger partial charge in [0.1, 0.15) is 12.5 Å². The lowest BCUT2D eigenvalue weighted by atomic mass is 10.2. The average Bonchev–Trinajstić information content (AvgIpc) is 2.43. The molecule has 0 aliphatic carbocycles. The molecule has 2 heterocycles. The Kier molecular flexibility index (Phi) is 1.85. The van der Waals surface area contributed by atoms with Gasteiger partial charge in [-0.05, 0) is 7.05 Å². The van der Waals surface area contributed by atoms with Crippen molar-refractivity contribution in [2.24, 2.45) is 5.73 Å². The van der Waals surface area contributed by atoms with E-state index in [4.69, 9.17) is 15.2 Å². The third kappa shape index (κ3) is 1.27. The minimum Gasteiger partial charge on any atom is -0.357 e. The summed E-state index contributed by atoms with van der Waals surface area (Å²) < 4.78 is 11.0. The van der Waals surface area contributed by atoms with Gasteiger partial charge in [-0.3, -0.25) is 5.32 Å².